The number of thiazole rings is 1. The summed E-state index contributed by atoms with van der Waals surface area (Å²) in [5, 5.41) is 32.9. The molecule has 2 aliphatic carbocycles. The number of carbonyl (C=O) groups is 3. The molecule has 7 heterocycles. The fourth-order valence-electron chi connectivity index (χ4n) is 12.4. The number of amides is 3. The lowest BCUT2D eigenvalue weighted by molar-refractivity contribution is -0.142. The Kier molecular flexibility index (Phi) is 15.0. The van der Waals surface area contributed by atoms with Crippen molar-refractivity contribution in [3.8, 4) is 33.2 Å². The van der Waals surface area contributed by atoms with E-state index in [2.05, 4.69) is 40.2 Å². The number of carbonyl (C=O) groups excluding carboxylic acids is 3. The lowest BCUT2D eigenvalue weighted by atomic mass is 9.80. The number of ether oxygens (including phenoxy) is 1. The first kappa shape index (κ1) is 53.4. The van der Waals surface area contributed by atoms with E-state index in [1.165, 1.54) is 16.7 Å². The number of hydrogen-bond acceptors (Lipinski definition) is 16. The maximum atomic E-state index is 14.5. The first-order chi connectivity index (χ1) is 37.5. The van der Waals surface area contributed by atoms with Crippen LogP contribution in [0.2, 0.25) is 0 Å². The number of nitrogens with zero attached hydrogens (tertiary/aromatic N) is 10. The third-order valence-electron chi connectivity index (χ3n) is 17.2. The molecule has 4 saturated heterocycles. The molecule has 3 unspecified atom stereocenters. The number of piperazine rings is 1. The molecule has 18 nitrogen and oxygen atoms in total. The van der Waals surface area contributed by atoms with Gasteiger partial charge in [-0.05, 0) is 131 Å². The number of aliphatic hydroxyl groups is 1. The molecule has 3 aromatic heterocycles. The van der Waals surface area contributed by atoms with Gasteiger partial charge in [0.2, 0.25) is 17.8 Å². The minimum Gasteiger partial charge on any atom is -0.507 e. The number of hydrogen-bond donors (Lipinski definition) is 4. The molecule has 5 atom stereocenters. The molecule has 4 aliphatic heterocycles. The summed E-state index contributed by atoms with van der Waals surface area (Å²) in [5.41, 5.74) is 11.5. The summed E-state index contributed by atoms with van der Waals surface area (Å²) in [6, 6.07) is 15.1. The molecule has 2 bridgehead atoms. The van der Waals surface area contributed by atoms with Crippen LogP contribution in [0, 0.1) is 18.3 Å². The molecule has 3 amide bonds. The summed E-state index contributed by atoms with van der Waals surface area (Å²) in [5.74, 6) is -0.269. The SMILES string of the molecule is Cc1ncsc1-c1ccc(CNC(=O)[C@@H]2C[C@@H](O)CN2C(=O)C(C=NC(=O)C2(F)CC2)C(C)(C)C)c(OC2CCC(N3CCC(c4cnc(N5C6CCC5CN(c5cc(-c7ccccc7O)nnc5N)C6)nc4)CC3)CC2)c1. The summed E-state index contributed by atoms with van der Waals surface area (Å²) in [7, 11) is 0. The smallest absolute Gasteiger partial charge is 0.282 e. The number of fused-ring (bicyclic) bond motifs is 2. The lowest BCUT2D eigenvalue weighted by Crippen LogP contribution is -2.54. The highest BCUT2D eigenvalue weighted by molar-refractivity contribution is 7.13. The van der Waals surface area contributed by atoms with Crippen molar-refractivity contribution < 1.29 is 33.7 Å². The number of halogens is 1. The first-order valence-electron chi connectivity index (χ1n) is 27.7. The van der Waals surface area contributed by atoms with E-state index in [0.29, 0.717) is 34.8 Å². The van der Waals surface area contributed by atoms with E-state index in [0.717, 1.165) is 111 Å². The van der Waals surface area contributed by atoms with Crippen LogP contribution in [-0.4, -0.2) is 144 Å². The largest absolute Gasteiger partial charge is 0.507 e. The molecule has 20 heteroatoms. The van der Waals surface area contributed by atoms with Gasteiger partial charge in [-0.15, -0.1) is 21.5 Å². The number of phenolic OH excluding ortho intramolecular Hbond substituents is 1. The normalized spacial score (nSPS) is 24.9. The van der Waals surface area contributed by atoms with E-state index < -0.39 is 46.9 Å². The number of aromatic nitrogens is 5. The Labute approximate surface area is 458 Å². The summed E-state index contributed by atoms with van der Waals surface area (Å²) >= 11 is 1.57. The number of anilines is 3. The average Bonchev–Trinajstić information content (AvgIpc) is 3.84. The first-order valence-corrected chi connectivity index (χ1v) is 28.6. The van der Waals surface area contributed by atoms with Crippen molar-refractivity contribution in [3.63, 3.8) is 0 Å². The Morgan fingerprint density at radius 3 is 2.31 bits per heavy atom. The molecule has 5 N–H and O–H groups in total. The highest BCUT2D eigenvalue weighted by atomic mass is 32.1. The zero-order chi connectivity index (χ0) is 54.5. The number of nitrogens with one attached hydrogen (secondary N) is 1. The number of phenols is 1. The molecule has 6 fully saturated rings. The highest BCUT2D eigenvalue weighted by Crippen LogP contribution is 2.43. The lowest BCUT2D eigenvalue weighted by Gasteiger charge is -2.42. The van der Waals surface area contributed by atoms with Gasteiger partial charge < -0.3 is 45.6 Å². The second-order valence-electron chi connectivity index (χ2n) is 23.5. The quantitative estimate of drug-likeness (QED) is 0.0794. The number of nitrogens with two attached hydrogens (primary N) is 1. The van der Waals surface area contributed by atoms with Crippen molar-refractivity contribution in [1.29, 1.82) is 0 Å². The molecule has 412 valence electrons. The number of aliphatic imine (C=N–C) groups is 1. The monoisotopic (exact) mass is 1080 g/mol. The minimum absolute atomic E-state index is 0.0123. The standard InChI is InChI=1S/C58H71FN12O6S/c1-34-51(78-33-65-34)36-9-10-37(26-61-53(74)48-24-42(72)32-70(48)54(75)45(57(2,3)4)29-62-55(76)58(59)19-20-58)50(23-36)77-43-15-13-39(14-16-43)68-21-17-35(18-22-68)38-27-63-56(64-28-38)71-40-11-12-41(71)31-69(30-40)47-25-46(66-67-52(47)60)44-7-5-6-8-49(44)73/h5-10,23,25,27-29,33,35,39-43,45,48,72-73H,11-22,24,26,30-32H2,1-4H3,(H2,60,67)(H,61,74)/t39?,40?,41?,42-,43?,45?,48+/m1/s1. The van der Waals surface area contributed by atoms with E-state index in [1.807, 2.05) is 82.0 Å². The van der Waals surface area contributed by atoms with Gasteiger partial charge in [-0.1, -0.05) is 45.0 Å². The number of para-hydroxylation sites is 1. The van der Waals surface area contributed by atoms with Crippen LogP contribution in [0.1, 0.15) is 114 Å². The fourth-order valence-corrected chi connectivity index (χ4v) is 13.2. The highest BCUT2D eigenvalue weighted by Gasteiger charge is 2.51. The fraction of sp³-hybridized carbons (Fsp3) is 0.534. The molecule has 0 radical (unpaired) electrons. The van der Waals surface area contributed by atoms with Crippen LogP contribution in [-0.2, 0) is 20.9 Å². The Balaban J connectivity index is 0.683. The Hall–Kier alpha value is -6.64. The second kappa shape index (κ2) is 21.9. The number of alkyl halides is 1. The van der Waals surface area contributed by atoms with E-state index in [-0.39, 0.29) is 56.3 Å². The summed E-state index contributed by atoms with van der Waals surface area (Å²) < 4.78 is 21.3. The van der Waals surface area contributed by atoms with E-state index >= 15 is 0 Å². The van der Waals surface area contributed by atoms with Crippen molar-refractivity contribution in [3.05, 3.63) is 83.3 Å². The maximum Gasteiger partial charge on any atom is 0.282 e. The van der Waals surface area contributed by atoms with Gasteiger partial charge in [0.15, 0.2) is 11.5 Å². The molecule has 5 aromatic rings. The second-order valence-corrected chi connectivity index (χ2v) is 24.3. The van der Waals surface area contributed by atoms with Crippen molar-refractivity contribution in [2.45, 2.75) is 153 Å². The Bertz CT molecular complexity index is 3030. The van der Waals surface area contributed by atoms with Gasteiger partial charge in [0.05, 0.1) is 45.6 Å². The molecule has 2 saturated carbocycles. The summed E-state index contributed by atoms with van der Waals surface area (Å²) in [4.78, 5) is 68.6. The summed E-state index contributed by atoms with van der Waals surface area (Å²) in [6.07, 6.45) is 12.7. The number of aryl methyl sites for hydroxylation is 1. The number of benzene rings is 2. The molecule has 78 heavy (non-hydrogen) atoms. The Morgan fingerprint density at radius 1 is 0.936 bits per heavy atom. The topological polar surface area (TPSA) is 229 Å². The molecule has 11 rings (SSSR count). The van der Waals surface area contributed by atoms with Crippen molar-refractivity contribution in [2.75, 3.05) is 48.3 Å². The maximum absolute atomic E-state index is 14.5. The predicted molar refractivity (Wildman–Crippen MR) is 297 cm³/mol. The number of rotatable bonds is 14. The predicted octanol–water partition coefficient (Wildman–Crippen LogP) is 7.42. The van der Waals surface area contributed by atoms with Crippen LogP contribution in [0.5, 0.6) is 11.5 Å². The Morgan fingerprint density at radius 2 is 1.64 bits per heavy atom. The van der Waals surface area contributed by atoms with Gasteiger partial charge in [-0.2, -0.15) is 0 Å². The molecule has 2 aromatic carbocycles. The zero-order valence-corrected chi connectivity index (χ0v) is 45.7. The number of β-amino-alcohol motifs (C(OH)–C–C–N with tert-alkyl or cyclic N) is 1. The van der Waals surface area contributed by atoms with Gasteiger partial charge >= 0.3 is 0 Å². The van der Waals surface area contributed by atoms with Crippen molar-refractivity contribution in [1.82, 2.24) is 40.3 Å². The van der Waals surface area contributed by atoms with Gasteiger partial charge in [-0.3, -0.25) is 14.4 Å². The van der Waals surface area contributed by atoms with Crippen LogP contribution in [0.3, 0.4) is 0 Å². The third-order valence-corrected chi connectivity index (χ3v) is 18.1. The molecular formula is C58H71FN12O6S. The van der Waals surface area contributed by atoms with Crippen LogP contribution < -0.4 is 25.6 Å². The van der Waals surface area contributed by atoms with Gasteiger partial charge in [-0.25, -0.2) is 24.3 Å². The number of aromatic hydroxyl groups is 1. The minimum atomic E-state index is -1.96. The third kappa shape index (κ3) is 11.2. The summed E-state index contributed by atoms with van der Waals surface area (Å²) in [6.45, 7) is 11.1. The number of aliphatic hydroxyl groups excluding tert-OH is 1. The van der Waals surface area contributed by atoms with Gasteiger partial charge in [0.1, 0.15) is 17.5 Å². The zero-order valence-electron chi connectivity index (χ0n) is 44.9. The van der Waals surface area contributed by atoms with Crippen LogP contribution >= 0.6 is 11.3 Å². The number of piperidine rings is 1. The molecular weight excluding hydrogens is 1010 g/mol. The van der Waals surface area contributed by atoms with Gasteiger partial charge in [0, 0.05) is 80.5 Å². The van der Waals surface area contributed by atoms with Crippen molar-refractivity contribution >= 4 is 52.7 Å². The number of likely N-dealkylation sites (tertiary alicyclic amines) is 2. The number of nitrogen functional groups attached to an aromatic ring is 1. The van der Waals surface area contributed by atoms with Crippen LogP contribution in [0.15, 0.2) is 71.4 Å². The van der Waals surface area contributed by atoms with E-state index in [4.69, 9.17) is 20.4 Å². The average molecular weight is 1080 g/mol. The molecule has 0 spiro atoms. The van der Waals surface area contributed by atoms with E-state index in [1.54, 1.807) is 23.5 Å². The van der Waals surface area contributed by atoms with Crippen molar-refractivity contribution in [2.24, 2.45) is 16.3 Å². The van der Waals surface area contributed by atoms with Crippen LogP contribution in [0.25, 0.3) is 21.7 Å². The van der Waals surface area contributed by atoms with Crippen LogP contribution in [0.4, 0.5) is 21.8 Å². The molecule has 6 aliphatic rings. The van der Waals surface area contributed by atoms with Gasteiger partial charge in [0.25, 0.3) is 5.91 Å². The van der Waals surface area contributed by atoms with E-state index in [9.17, 15) is 29.0 Å².